The first-order valence-electron chi connectivity index (χ1n) is 23.9. The number of halogens is 5. The number of benzene rings is 6. The second-order valence-corrected chi connectivity index (χ2v) is 18.8. The van der Waals surface area contributed by atoms with Crippen LogP contribution in [0.25, 0.3) is 0 Å². The van der Waals surface area contributed by atoms with Gasteiger partial charge in [-0.3, -0.25) is 19.1 Å². The molecule has 0 aliphatic heterocycles. The average molecular weight is 1140 g/mol. The largest absolute Gasteiger partial charge is 0.489 e. The number of hydrogen-bond donors (Lipinski definition) is 3. The van der Waals surface area contributed by atoms with Crippen molar-refractivity contribution in [3.63, 3.8) is 0 Å². The molecular weight excluding hydrogens is 1080 g/mol. The third kappa shape index (κ3) is 19.3. The second kappa shape index (κ2) is 30.4. The van der Waals surface area contributed by atoms with Crippen LogP contribution in [0.2, 0.25) is 0 Å². The van der Waals surface area contributed by atoms with Crippen molar-refractivity contribution < 1.29 is 50.5 Å². The Morgan fingerprint density at radius 2 is 0.900 bits per heavy atom. The van der Waals surface area contributed by atoms with Crippen molar-refractivity contribution in [3.8, 4) is 17.2 Å². The number of aromatic nitrogens is 5. The van der Waals surface area contributed by atoms with Gasteiger partial charge in [-0.1, -0.05) is 106 Å². The van der Waals surface area contributed by atoms with Crippen LogP contribution in [0.1, 0.15) is 96.8 Å². The van der Waals surface area contributed by atoms with E-state index in [0.29, 0.717) is 52.0 Å². The van der Waals surface area contributed by atoms with Crippen molar-refractivity contribution in [2.45, 2.75) is 74.1 Å². The first kappa shape index (κ1) is 62.0. The molecule has 0 fully saturated rings. The van der Waals surface area contributed by atoms with Gasteiger partial charge in [-0.15, -0.1) is 27.8 Å². The summed E-state index contributed by atoms with van der Waals surface area (Å²) in [4.78, 5) is 47.6. The standard InChI is InChI=1S/C20H17F3N2O2S.C19H17FN2O2S.C18H17FN4O2.2CH4/c1-20(22,23)17-12-28-19(25-17)18(26)24-10-13-6-8-15(9-7-13)27-11-14-4-2-3-5-16(14)21;1-13-12-25-19(22-13)18(23)21-10-14-6-8-16(9-7-14)24-11-15-4-2-3-5-17(15)20;1-23-12-21-17(22-23)18(24)20-10-13-6-8-15(9-7-13)25-11-14-4-2-3-5-16(14)19;;/h2-9,12H,10-11H2,1H3,(H,24,26);2-9,12H,10-11H2,1H3,(H,21,23);2-9,12H,10-11H2,1H3,(H,20,24);2*1H4. The third-order valence-corrected chi connectivity index (χ3v) is 12.7. The number of carbonyl (C=O) groups is 3. The number of thiazole rings is 2. The highest BCUT2D eigenvalue weighted by Crippen LogP contribution is 2.28. The van der Waals surface area contributed by atoms with E-state index in [1.54, 1.807) is 110 Å². The monoisotopic (exact) mass is 1130 g/mol. The molecule has 80 heavy (non-hydrogen) atoms. The maximum Gasteiger partial charge on any atom is 0.291 e. The van der Waals surface area contributed by atoms with Crippen molar-refractivity contribution in [3.05, 3.63) is 241 Å². The van der Waals surface area contributed by atoms with E-state index in [2.05, 4.69) is 36.0 Å². The van der Waals surface area contributed by atoms with Crippen LogP contribution in [0.3, 0.4) is 0 Å². The molecule has 3 aromatic heterocycles. The van der Waals surface area contributed by atoms with E-state index in [9.17, 15) is 36.3 Å². The van der Waals surface area contributed by atoms with Gasteiger partial charge in [-0.2, -0.15) is 8.78 Å². The zero-order valence-corrected chi connectivity index (χ0v) is 43.9. The van der Waals surface area contributed by atoms with Gasteiger partial charge in [0.1, 0.15) is 66.5 Å². The molecule has 0 saturated heterocycles. The Hall–Kier alpha value is -8.82. The maximum absolute atomic E-state index is 13.6. The fourth-order valence-electron chi connectivity index (χ4n) is 6.70. The van der Waals surface area contributed by atoms with Crippen LogP contribution < -0.4 is 30.2 Å². The van der Waals surface area contributed by atoms with Crippen molar-refractivity contribution >= 4 is 40.4 Å². The fraction of sp³-hybridized carbons (Fsp3) is 0.203. The number of nitrogens with zero attached hydrogens (tertiary/aromatic N) is 5. The smallest absolute Gasteiger partial charge is 0.291 e. The summed E-state index contributed by atoms with van der Waals surface area (Å²) in [6.07, 6.45) is 1.47. The lowest BCUT2D eigenvalue weighted by atomic mass is 10.2. The molecule has 0 saturated carbocycles. The first-order valence-corrected chi connectivity index (χ1v) is 25.6. The molecule has 9 aromatic rings. The molecule has 3 N–H and O–H groups in total. The van der Waals surface area contributed by atoms with E-state index < -0.39 is 17.5 Å². The van der Waals surface area contributed by atoms with Crippen molar-refractivity contribution in [1.29, 1.82) is 0 Å². The molecule has 0 unspecified atom stereocenters. The van der Waals surface area contributed by atoms with Gasteiger partial charge in [-0.05, 0) is 78.2 Å². The lowest BCUT2D eigenvalue weighted by molar-refractivity contribution is 0.0133. The van der Waals surface area contributed by atoms with Crippen LogP contribution in [0.5, 0.6) is 17.2 Å². The van der Waals surface area contributed by atoms with E-state index in [1.807, 2.05) is 36.6 Å². The van der Waals surface area contributed by atoms with Crippen LogP contribution in [0.4, 0.5) is 22.0 Å². The Kier molecular flexibility index (Phi) is 23.5. The zero-order valence-electron chi connectivity index (χ0n) is 42.2. The SMILES string of the molecule is C.C.CC(F)(F)c1csc(C(=O)NCc2ccc(OCc3ccccc3F)cc2)n1.Cc1csc(C(=O)NCc2ccc(OCc3ccccc3F)cc2)n1.Cn1cnc(C(=O)NCc2ccc(OCc3ccccc3F)cc2)n1. The minimum Gasteiger partial charge on any atom is -0.489 e. The number of carbonyl (C=O) groups excluding carboxylic acids is 3. The molecule has 3 amide bonds. The highest BCUT2D eigenvalue weighted by molar-refractivity contribution is 7.12. The first-order chi connectivity index (χ1) is 37.6. The van der Waals surface area contributed by atoms with Gasteiger partial charge in [0.15, 0.2) is 10.0 Å². The number of ether oxygens (including phenoxy) is 3. The minimum absolute atomic E-state index is 0. The average Bonchev–Trinajstić information content (AvgIpc) is 4.24. The zero-order chi connectivity index (χ0) is 55.4. The highest BCUT2D eigenvalue weighted by atomic mass is 32.1. The molecule has 9 rings (SSSR count). The molecule has 21 heteroatoms. The summed E-state index contributed by atoms with van der Waals surface area (Å²) in [7, 11) is 1.70. The lowest BCUT2D eigenvalue weighted by Gasteiger charge is -2.08. The molecule has 6 aromatic carbocycles. The maximum atomic E-state index is 13.6. The van der Waals surface area contributed by atoms with E-state index in [0.717, 1.165) is 40.6 Å². The molecule has 0 bridgehead atoms. The fourth-order valence-corrected chi connectivity index (χ4v) is 8.22. The van der Waals surface area contributed by atoms with E-state index in [4.69, 9.17) is 14.2 Å². The second-order valence-electron chi connectivity index (χ2n) is 17.1. The van der Waals surface area contributed by atoms with Crippen molar-refractivity contribution in [2.75, 3.05) is 0 Å². The van der Waals surface area contributed by atoms with Gasteiger partial charge in [-0.25, -0.2) is 28.1 Å². The number of nitrogens with one attached hydrogen (secondary N) is 3. The van der Waals surface area contributed by atoms with Gasteiger partial charge in [0, 0.05) is 66.8 Å². The number of alkyl halides is 2. The Bertz CT molecular complexity index is 3240. The van der Waals surface area contributed by atoms with Crippen LogP contribution >= 0.6 is 22.7 Å². The van der Waals surface area contributed by atoms with E-state index in [-0.39, 0.29) is 81.3 Å². The molecular formula is C59H59F5N8O6S2. The van der Waals surface area contributed by atoms with Gasteiger partial charge in [0.25, 0.3) is 23.6 Å². The van der Waals surface area contributed by atoms with E-state index >= 15 is 0 Å². The molecule has 0 aliphatic rings. The van der Waals surface area contributed by atoms with Crippen LogP contribution in [-0.2, 0) is 52.4 Å². The summed E-state index contributed by atoms with van der Waals surface area (Å²) < 4.78 is 85.2. The number of amides is 3. The summed E-state index contributed by atoms with van der Waals surface area (Å²) in [5, 5.41) is 15.6. The summed E-state index contributed by atoms with van der Waals surface area (Å²) in [5.41, 5.74) is 4.54. The predicted molar refractivity (Wildman–Crippen MR) is 298 cm³/mol. The van der Waals surface area contributed by atoms with Crippen molar-refractivity contribution in [2.24, 2.45) is 7.05 Å². The molecule has 3 heterocycles. The molecule has 0 radical (unpaired) electrons. The quantitative estimate of drug-likeness (QED) is 0.0662. The molecule has 418 valence electrons. The van der Waals surface area contributed by atoms with Gasteiger partial charge in [0.2, 0.25) is 5.82 Å². The third-order valence-electron chi connectivity index (χ3n) is 10.9. The number of rotatable bonds is 19. The van der Waals surface area contributed by atoms with Crippen LogP contribution in [0.15, 0.2) is 163 Å². The van der Waals surface area contributed by atoms with Gasteiger partial charge < -0.3 is 30.2 Å². The summed E-state index contributed by atoms with van der Waals surface area (Å²) in [5.74, 6) is -3.02. The van der Waals surface area contributed by atoms with Gasteiger partial charge in [0.05, 0.1) is 0 Å². The molecule has 0 spiro atoms. The topological polar surface area (TPSA) is 171 Å². The number of aryl methyl sites for hydroxylation is 2. The lowest BCUT2D eigenvalue weighted by Crippen LogP contribution is -2.24. The Balaban J connectivity index is 0.000000218. The number of hydrogen-bond acceptors (Lipinski definition) is 12. The van der Waals surface area contributed by atoms with Crippen LogP contribution in [-0.4, -0.2) is 42.5 Å². The normalized spacial score (nSPS) is 10.5. The summed E-state index contributed by atoms with van der Waals surface area (Å²) in [6.45, 7) is 4.00. The van der Waals surface area contributed by atoms with Crippen molar-refractivity contribution in [1.82, 2.24) is 40.7 Å². The summed E-state index contributed by atoms with van der Waals surface area (Å²) >= 11 is 2.20. The van der Waals surface area contributed by atoms with Crippen LogP contribution in [0, 0.1) is 24.4 Å². The Morgan fingerprint density at radius 1 is 0.537 bits per heavy atom. The molecule has 0 atom stereocenters. The molecule has 0 aliphatic carbocycles. The van der Waals surface area contributed by atoms with Gasteiger partial charge >= 0.3 is 0 Å². The highest BCUT2D eigenvalue weighted by Gasteiger charge is 2.28. The summed E-state index contributed by atoms with van der Waals surface area (Å²) in [6, 6.07) is 40.9. The Morgan fingerprint density at radius 3 is 1.23 bits per heavy atom. The molecule has 14 nitrogen and oxygen atoms in total. The Labute approximate surface area is 468 Å². The van der Waals surface area contributed by atoms with E-state index in [1.165, 1.54) is 45.9 Å². The minimum atomic E-state index is -3.08. The predicted octanol–water partition coefficient (Wildman–Crippen LogP) is 12.7.